The number of nitrogens with one attached hydrogen (secondary N) is 3. The van der Waals surface area contributed by atoms with E-state index < -0.39 is 29.6 Å². The van der Waals surface area contributed by atoms with Crippen LogP contribution in [0.4, 0.5) is 11.9 Å². The molecule has 24 heteroatoms. The number of carbonyl (C=O) groups excluding carboxylic acids is 4. The Hall–Kier alpha value is -8.80. The summed E-state index contributed by atoms with van der Waals surface area (Å²) in [4.78, 5) is 79.6. The lowest BCUT2D eigenvalue weighted by Gasteiger charge is -2.18. The molecule has 0 atom stereocenters. The van der Waals surface area contributed by atoms with Gasteiger partial charge in [-0.1, -0.05) is 18.2 Å². The Balaban J connectivity index is 1.37. The van der Waals surface area contributed by atoms with Gasteiger partial charge in [-0.2, -0.15) is 10.2 Å². The number of hydrogen-bond donors (Lipinski definition) is 7. The number of aliphatic imine (C=N–C) groups is 1. The Labute approximate surface area is 420 Å². The predicted molar refractivity (Wildman–Crippen MR) is 276 cm³/mol. The van der Waals surface area contributed by atoms with E-state index in [4.69, 9.17) is 41.7 Å². The number of carboxylic acid groups (broad SMARTS) is 1. The average Bonchev–Trinajstić information content (AvgIpc) is 4.13. The molecule has 10 N–H and O–H groups in total. The Morgan fingerprint density at radius 2 is 1.29 bits per heavy atom. The lowest BCUT2D eigenvalue weighted by Crippen LogP contribution is -2.23. The molecule has 386 valence electrons. The zero-order valence-corrected chi connectivity index (χ0v) is 41.7. The summed E-state index contributed by atoms with van der Waals surface area (Å²) < 4.78 is 19.2. The number of aromatic nitrogens is 8. The molecule has 4 amide bonds. The van der Waals surface area contributed by atoms with Gasteiger partial charge in [-0.3, -0.25) is 49.0 Å². The number of carbonyl (C=O) groups is 5. The van der Waals surface area contributed by atoms with E-state index in [-0.39, 0.29) is 68.0 Å². The molecule has 0 fully saturated rings. The number of carboxylic acids is 1. The third kappa shape index (κ3) is 13.3. The number of aliphatic carboxylic acids is 1. The molecule has 0 aliphatic carbocycles. The fourth-order valence-corrected chi connectivity index (χ4v) is 7.72. The van der Waals surface area contributed by atoms with Gasteiger partial charge in [0.15, 0.2) is 0 Å². The molecule has 0 saturated heterocycles. The molecule has 0 aliphatic heterocycles. The molecular weight excluding hydrogens is 941 g/mol. The largest absolute Gasteiger partial charge is 0.491 e. The number of benzene rings is 2. The molecular formula is C49H62N16O8. The standard InChI is InChI=1S/C49H62N16O8/c1-7-64-37(22-30(3)59-64)46(70)57-48-55-35-24-32(44(51)68)26-39(72-20-12-9-16-54-29-34(28-50)61(6)19-14-41(66)67)42(35)62(48)17-10-11-18-63-43-36(25-33(45(52)69)27-40(43)73-21-13-15-53-5)56-49(63)58-47(71)38-23-31(4)60-65(38)8-2/h9-12,22-29,53H,7-8,13-21,50H2,1-6H3,(H2,51,68)(H2,52,69)(H,66,67)(H,55,57,70)(H,56,58,71)/b11-10+,12-9+,34-28+,54-29?. The van der Waals surface area contributed by atoms with E-state index in [1.54, 1.807) is 86.9 Å². The van der Waals surface area contributed by atoms with Crippen LogP contribution >= 0.6 is 0 Å². The first kappa shape index (κ1) is 53.5. The maximum Gasteiger partial charge on any atom is 0.305 e. The number of nitrogens with two attached hydrogens (primary N) is 3. The minimum absolute atomic E-state index is 0.0280. The Morgan fingerprint density at radius 3 is 1.75 bits per heavy atom. The maximum absolute atomic E-state index is 13.9. The predicted octanol–water partition coefficient (Wildman–Crippen LogP) is 3.60. The Morgan fingerprint density at radius 1 is 0.767 bits per heavy atom. The first-order chi connectivity index (χ1) is 35.1. The molecule has 0 unspecified atom stereocenters. The molecule has 6 rings (SSSR count). The molecule has 73 heavy (non-hydrogen) atoms. The highest BCUT2D eigenvalue weighted by Crippen LogP contribution is 2.33. The number of allylic oxidation sites excluding steroid dienone is 3. The highest BCUT2D eigenvalue weighted by molar-refractivity contribution is 6.05. The van der Waals surface area contributed by atoms with Crippen molar-refractivity contribution in [2.45, 2.75) is 66.7 Å². The summed E-state index contributed by atoms with van der Waals surface area (Å²) in [6, 6.07) is 9.45. The van der Waals surface area contributed by atoms with Crippen LogP contribution < -0.4 is 42.6 Å². The molecule has 2 aromatic carbocycles. The van der Waals surface area contributed by atoms with Crippen LogP contribution in [0.5, 0.6) is 11.5 Å². The highest BCUT2D eigenvalue weighted by Gasteiger charge is 2.24. The van der Waals surface area contributed by atoms with Gasteiger partial charge < -0.3 is 51.1 Å². The maximum atomic E-state index is 13.9. The van der Waals surface area contributed by atoms with Crippen LogP contribution in [0, 0.1) is 13.8 Å². The number of amides is 4. The van der Waals surface area contributed by atoms with E-state index in [9.17, 15) is 24.0 Å². The molecule has 4 heterocycles. The fourth-order valence-electron chi connectivity index (χ4n) is 7.72. The minimum Gasteiger partial charge on any atom is -0.491 e. The zero-order chi connectivity index (χ0) is 52.8. The van der Waals surface area contributed by atoms with Crippen molar-refractivity contribution < 1.29 is 38.6 Å². The first-order valence-corrected chi connectivity index (χ1v) is 23.5. The molecule has 0 aliphatic rings. The number of rotatable bonds is 27. The van der Waals surface area contributed by atoms with Crippen molar-refractivity contribution in [1.29, 1.82) is 0 Å². The van der Waals surface area contributed by atoms with Crippen LogP contribution in [0.2, 0.25) is 0 Å². The van der Waals surface area contributed by atoms with Gasteiger partial charge in [-0.05, 0) is 90.2 Å². The van der Waals surface area contributed by atoms with Crippen molar-refractivity contribution in [3.8, 4) is 11.5 Å². The first-order valence-electron chi connectivity index (χ1n) is 23.5. The Bertz CT molecular complexity index is 3120. The van der Waals surface area contributed by atoms with Crippen LogP contribution in [0.3, 0.4) is 0 Å². The van der Waals surface area contributed by atoms with Gasteiger partial charge in [0.1, 0.15) is 40.5 Å². The molecule has 24 nitrogen and oxygen atoms in total. The normalized spacial score (nSPS) is 11.9. The van der Waals surface area contributed by atoms with Crippen molar-refractivity contribution >= 4 is 69.8 Å². The van der Waals surface area contributed by atoms with Crippen molar-refractivity contribution in [3.63, 3.8) is 0 Å². The smallest absolute Gasteiger partial charge is 0.305 e. The summed E-state index contributed by atoms with van der Waals surface area (Å²) in [7, 11) is 3.55. The topological polar surface area (TPSA) is 325 Å². The summed E-state index contributed by atoms with van der Waals surface area (Å²) in [6.07, 6.45) is 10.6. The lowest BCUT2D eigenvalue weighted by atomic mass is 10.1. The van der Waals surface area contributed by atoms with Crippen molar-refractivity contribution in [2.24, 2.45) is 22.2 Å². The Kier molecular flexibility index (Phi) is 18.2. The van der Waals surface area contributed by atoms with Crippen LogP contribution in [0.25, 0.3) is 22.1 Å². The second kappa shape index (κ2) is 24.8. The molecule has 4 aromatic heterocycles. The molecule has 0 bridgehead atoms. The highest BCUT2D eigenvalue weighted by atomic mass is 16.5. The zero-order valence-electron chi connectivity index (χ0n) is 41.7. The van der Waals surface area contributed by atoms with E-state index in [1.165, 1.54) is 18.3 Å². The van der Waals surface area contributed by atoms with E-state index >= 15 is 0 Å². The van der Waals surface area contributed by atoms with Gasteiger partial charge in [0.05, 0.1) is 47.7 Å². The monoisotopic (exact) mass is 1000 g/mol. The number of fused-ring (bicyclic) bond motifs is 2. The number of primary amides is 2. The number of hydrogen-bond acceptors (Lipinski definition) is 15. The van der Waals surface area contributed by atoms with Crippen molar-refractivity contribution in [1.82, 2.24) is 48.9 Å². The number of ether oxygens (including phenoxy) is 2. The van der Waals surface area contributed by atoms with Gasteiger partial charge in [0.2, 0.25) is 23.7 Å². The van der Waals surface area contributed by atoms with Gasteiger partial charge in [0, 0.05) is 63.3 Å². The average molecular weight is 1000 g/mol. The van der Waals surface area contributed by atoms with Gasteiger partial charge in [-0.25, -0.2) is 9.97 Å². The summed E-state index contributed by atoms with van der Waals surface area (Å²) in [5.74, 6) is -2.43. The summed E-state index contributed by atoms with van der Waals surface area (Å²) in [6.45, 7) is 9.91. The second-order valence-electron chi connectivity index (χ2n) is 16.6. The summed E-state index contributed by atoms with van der Waals surface area (Å²) in [5, 5.41) is 26.9. The van der Waals surface area contributed by atoms with Gasteiger partial charge >= 0.3 is 5.97 Å². The van der Waals surface area contributed by atoms with Crippen molar-refractivity contribution in [2.75, 3.05) is 57.6 Å². The molecule has 0 radical (unpaired) electrons. The molecule has 0 spiro atoms. The number of nitrogens with zero attached hydrogens (tertiary/aromatic N) is 10. The molecule has 6 aromatic rings. The van der Waals surface area contributed by atoms with Crippen molar-refractivity contribution in [3.05, 3.63) is 107 Å². The van der Waals surface area contributed by atoms with E-state index in [2.05, 4.69) is 31.1 Å². The second-order valence-corrected chi connectivity index (χ2v) is 16.6. The summed E-state index contributed by atoms with van der Waals surface area (Å²) in [5.41, 5.74) is 21.6. The number of aryl methyl sites for hydroxylation is 4. The van der Waals surface area contributed by atoms with E-state index in [0.29, 0.717) is 89.0 Å². The van der Waals surface area contributed by atoms with E-state index in [0.717, 1.165) is 0 Å². The van der Waals surface area contributed by atoms with Crippen LogP contribution in [-0.4, -0.2) is 131 Å². The number of imidazole rings is 2. The fraction of sp³-hybridized carbons (Fsp3) is 0.347. The van der Waals surface area contributed by atoms with E-state index in [1.807, 2.05) is 33.0 Å². The van der Waals surface area contributed by atoms with Gasteiger partial charge in [-0.15, -0.1) is 0 Å². The van der Waals surface area contributed by atoms with Crippen LogP contribution in [-0.2, 0) is 31.0 Å². The quantitative estimate of drug-likeness (QED) is 0.0220. The third-order valence-corrected chi connectivity index (χ3v) is 11.3. The number of anilines is 2. The third-order valence-electron chi connectivity index (χ3n) is 11.3. The van der Waals surface area contributed by atoms with Crippen LogP contribution in [0.1, 0.15) is 79.8 Å². The lowest BCUT2D eigenvalue weighted by molar-refractivity contribution is -0.137. The molecule has 0 saturated carbocycles. The SMILES string of the molecule is CCn1nc(C)cc1C(=O)Nc1nc2cc(C(N)=O)cc(OC/C=C/CN=C/C(=C\N)N(C)CCC(=O)O)c2n1C/C=C/Cn1c(NC(=O)c2cc(C)nn2CC)nc2cc(C(N)=O)cc(OCCCNC)c21. The minimum atomic E-state index is -0.929. The van der Waals surface area contributed by atoms with Gasteiger partial charge in [0.25, 0.3) is 11.8 Å². The summed E-state index contributed by atoms with van der Waals surface area (Å²) >= 11 is 0. The van der Waals surface area contributed by atoms with Crippen LogP contribution in [0.15, 0.2) is 77.6 Å².